The molecule has 1 aromatic heterocycles. The van der Waals surface area contributed by atoms with Crippen molar-refractivity contribution in [1.82, 2.24) is 0 Å². The van der Waals surface area contributed by atoms with Crippen molar-refractivity contribution < 1.29 is 18.7 Å². The van der Waals surface area contributed by atoms with Crippen LogP contribution in [0.15, 0.2) is 71.3 Å². The highest BCUT2D eigenvalue weighted by molar-refractivity contribution is 6.05. The van der Waals surface area contributed by atoms with Crippen molar-refractivity contribution in [2.75, 3.05) is 17.7 Å². The second-order valence-corrected chi connectivity index (χ2v) is 5.60. The Morgan fingerprint density at radius 3 is 2.23 bits per heavy atom. The van der Waals surface area contributed by atoms with E-state index in [2.05, 4.69) is 10.6 Å². The largest absolute Gasteiger partial charge is 0.459 e. The summed E-state index contributed by atoms with van der Waals surface area (Å²) in [5.41, 5.74) is 2.71. The van der Waals surface area contributed by atoms with Crippen molar-refractivity contribution >= 4 is 23.2 Å². The van der Waals surface area contributed by atoms with Crippen LogP contribution >= 0.6 is 0 Å². The molecule has 0 fully saturated rings. The maximum absolute atomic E-state index is 12.4. The molecule has 6 heteroatoms. The first-order chi connectivity index (χ1) is 12.7. The lowest BCUT2D eigenvalue weighted by molar-refractivity contribution is 0.0994. The average Bonchev–Trinajstić information content (AvgIpc) is 3.19. The van der Waals surface area contributed by atoms with Crippen molar-refractivity contribution in [2.24, 2.45) is 0 Å². The summed E-state index contributed by atoms with van der Waals surface area (Å²) in [7, 11) is 1.61. The number of carbonyl (C=O) groups is 2. The van der Waals surface area contributed by atoms with E-state index in [1.165, 1.54) is 6.26 Å². The standard InChI is InChI=1S/C20H18N2O4/c1-25-13-14-4-2-5-15(12-14)19(23)21-16-7-9-17(10-8-16)22-20(24)18-6-3-11-26-18/h2-12H,13H2,1H3,(H,21,23)(H,22,24). The quantitative estimate of drug-likeness (QED) is 0.706. The SMILES string of the molecule is COCc1cccc(C(=O)Nc2ccc(NC(=O)c3ccco3)cc2)c1. The Kier molecular flexibility index (Phi) is 5.46. The predicted molar refractivity (Wildman–Crippen MR) is 98.2 cm³/mol. The first kappa shape index (κ1) is 17.4. The summed E-state index contributed by atoms with van der Waals surface area (Å²) < 4.78 is 10.1. The minimum atomic E-state index is -0.332. The Balaban J connectivity index is 1.62. The molecule has 0 aliphatic carbocycles. The Morgan fingerprint density at radius 1 is 0.923 bits per heavy atom. The molecular formula is C20H18N2O4. The lowest BCUT2D eigenvalue weighted by Crippen LogP contribution is -2.13. The number of benzene rings is 2. The lowest BCUT2D eigenvalue weighted by Gasteiger charge is -2.08. The summed E-state index contributed by atoms with van der Waals surface area (Å²) in [6, 6.07) is 17.3. The van der Waals surface area contributed by atoms with E-state index in [1.54, 1.807) is 55.6 Å². The Hall–Kier alpha value is -3.38. The number of carbonyl (C=O) groups excluding carboxylic acids is 2. The number of nitrogens with one attached hydrogen (secondary N) is 2. The molecule has 132 valence electrons. The molecule has 0 saturated heterocycles. The molecule has 0 spiro atoms. The number of hydrogen-bond donors (Lipinski definition) is 2. The second kappa shape index (κ2) is 8.13. The third-order valence-corrected chi connectivity index (χ3v) is 3.65. The third kappa shape index (κ3) is 4.37. The van der Waals surface area contributed by atoms with Crippen LogP contribution in [-0.4, -0.2) is 18.9 Å². The summed E-state index contributed by atoms with van der Waals surface area (Å²) in [6.45, 7) is 0.450. The fourth-order valence-corrected chi connectivity index (χ4v) is 2.41. The molecule has 0 saturated carbocycles. The summed E-state index contributed by atoms with van der Waals surface area (Å²) in [5, 5.41) is 5.54. The molecule has 0 unspecified atom stereocenters. The van der Waals surface area contributed by atoms with Gasteiger partial charge in [0.25, 0.3) is 11.8 Å². The van der Waals surface area contributed by atoms with Gasteiger partial charge in [-0.05, 0) is 54.1 Å². The highest BCUT2D eigenvalue weighted by Gasteiger charge is 2.10. The molecule has 3 rings (SSSR count). The van der Waals surface area contributed by atoms with Crippen molar-refractivity contribution in [2.45, 2.75) is 6.61 Å². The van der Waals surface area contributed by atoms with E-state index in [0.29, 0.717) is 23.5 Å². The van der Waals surface area contributed by atoms with Gasteiger partial charge in [0.2, 0.25) is 0 Å². The van der Waals surface area contributed by atoms with Crippen LogP contribution in [0.4, 0.5) is 11.4 Å². The Labute approximate surface area is 150 Å². The lowest BCUT2D eigenvalue weighted by atomic mass is 10.1. The van der Waals surface area contributed by atoms with Crippen LogP contribution in [0, 0.1) is 0 Å². The molecule has 0 aliphatic rings. The molecular weight excluding hydrogens is 332 g/mol. The zero-order valence-corrected chi connectivity index (χ0v) is 14.2. The number of amides is 2. The Morgan fingerprint density at radius 2 is 1.62 bits per heavy atom. The maximum Gasteiger partial charge on any atom is 0.291 e. The first-order valence-electron chi connectivity index (χ1n) is 8.00. The van der Waals surface area contributed by atoms with Gasteiger partial charge < -0.3 is 19.8 Å². The van der Waals surface area contributed by atoms with E-state index >= 15 is 0 Å². The third-order valence-electron chi connectivity index (χ3n) is 3.65. The monoisotopic (exact) mass is 350 g/mol. The van der Waals surface area contributed by atoms with Crippen LogP contribution in [0.3, 0.4) is 0 Å². The van der Waals surface area contributed by atoms with Crippen LogP contribution in [-0.2, 0) is 11.3 Å². The molecule has 0 aliphatic heterocycles. The van der Waals surface area contributed by atoms with Gasteiger partial charge in [-0.15, -0.1) is 0 Å². The highest BCUT2D eigenvalue weighted by atomic mass is 16.5. The molecule has 3 aromatic rings. The summed E-state index contributed by atoms with van der Waals surface area (Å²) in [4.78, 5) is 24.3. The van der Waals surface area contributed by atoms with Gasteiger partial charge in [0.15, 0.2) is 5.76 Å². The molecule has 0 radical (unpaired) electrons. The van der Waals surface area contributed by atoms with Crippen molar-refractivity contribution in [1.29, 1.82) is 0 Å². The van der Waals surface area contributed by atoms with Crippen LogP contribution in [0.25, 0.3) is 0 Å². The van der Waals surface area contributed by atoms with Gasteiger partial charge in [-0.3, -0.25) is 9.59 Å². The fourth-order valence-electron chi connectivity index (χ4n) is 2.41. The van der Waals surface area contributed by atoms with Crippen LogP contribution in [0.5, 0.6) is 0 Å². The number of hydrogen-bond acceptors (Lipinski definition) is 4. The minimum Gasteiger partial charge on any atom is -0.459 e. The zero-order chi connectivity index (χ0) is 18.4. The van der Waals surface area contributed by atoms with Crippen LogP contribution in [0.1, 0.15) is 26.5 Å². The Bertz CT molecular complexity index is 886. The highest BCUT2D eigenvalue weighted by Crippen LogP contribution is 2.16. The number of furan rings is 1. The van der Waals surface area contributed by atoms with Crippen molar-refractivity contribution in [3.8, 4) is 0 Å². The van der Waals surface area contributed by atoms with Gasteiger partial charge in [-0.2, -0.15) is 0 Å². The second-order valence-electron chi connectivity index (χ2n) is 5.60. The normalized spacial score (nSPS) is 10.3. The van der Waals surface area contributed by atoms with Gasteiger partial charge in [0, 0.05) is 24.0 Å². The molecule has 1 heterocycles. The molecule has 6 nitrogen and oxygen atoms in total. The van der Waals surface area contributed by atoms with Gasteiger partial charge in [-0.1, -0.05) is 12.1 Å². The van der Waals surface area contributed by atoms with E-state index in [9.17, 15) is 9.59 Å². The topological polar surface area (TPSA) is 80.6 Å². The molecule has 0 atom stereocenters. The number of rotatable bonds is 6. The summed E-state index contributed by atoms with van der Waals surface area (Å²) in [6.07, 6.45) is 1.44. The van der Waals surface area contributed by atoms with Crippen LogP contribution in [0.2, 0.25) is 0 Å². The number of methoxy groups -OCH3 is 1. The van der Waals surface area contributed by atoms with E-state index in [4.69, 9.17) is 9.15 Å². The van der Waals surface area contributed by atoms with Gasteiger partial charge in [-0.25, -0.2) is 0 Å². The van der Waals surface area contributed by atoms with Crippen molar-refractivity contribution in [3.63, 3.8) is 0 Å². The van der Waals surface area contributed by atoms with Gasteiger partial charge >= 0.3 is 0 Å². The van der Waals surface area contributed by atoms with Gasteiger partial charge in [0.05, 0.1) is 12.9 Å². The molecule has 0 bridgehead atoms. The first-order valence-corrected chi connectivity index (χ1v) is 8.00. The molecule has 26 heavy (non-hydrogen) atoms. The van der Waals surface area contributed by atoms with Gasteiger partial charge in [0.1, 0.15) is 0 Å². The smallest absolute Gasteiger partial charge is 0.291 e. The fraction of sp³-hybridized carbons (Fsp3) is 0.100. The summed E-state index contributed by atoms with van der Waals surface area (Å²) in [5.74, 6) is -0.310. The molecule has 2 N–H and O–H groups in total. The van der Waals surface area contributed by atoms with Crippen LogP contribution < -0.4 is 10.6 Å². The molecule has 2 amide bonds. The average molecular weight is 350 g/mol. The number of anilines is 2. The predicted octanol–water partition coefficient (Wildman–Crippen LogP) is 3.93. The number of ether oxygens (including phenoxy) is 1. The zero-order valence-electron chi connectivity index (χ0n) is 14.2. The summed E-state index contributed by atoms with van der Waals surface area (Å²) >= 11 is 0. The maximum atomic E-state index is 12.4. The van der Waals surface area contributed by atoms with E-state index in [1.807, 2.05) is 12.1 Å². The van der Waals surface area contributed by atoms with E-state index in [-0.39, 0.29) is 17.6 Å². The minimum absolute atomic E-state index is 0.213. The van der Waals surface area contributed by atoms with Crippen molar-refractivity contribution in [3.05, 3.63) is 83.8 Å². The molecule has 2 aromatic carbocycles. The van der Waals surface area contributed by atoms with E-state index in [0.717, 1.165) is 5.56 Å². The van der Waals surface area contributed by atoms with E-state index < -0.39 is 0 Å².